The van der Waals surface area contributed by atoms with E-state index in [0.717, 1.165) is 70.0 Å². The summed E-state index contributed by atoms with van der Waals surface area (Å²) in [5, 5.41) is 4.04. The minimum Gasteiger partial charge on any atom is -0.368 e. The molecule has 0 N–H and O–H groups in total. The monoisotopic (exact) mass is 293 g/mol. The second kappa shape index (κ2) is 6.58. The summed E-state index contributed by atoms with van der Waals surface area (Å²) in [7, 11) is 0. The summed E-state index contributed by atoms with van der Waals surface area (Å²) < 4.78 is 10.6. The molecule has 116 valence electrons. The average molecular weight is 293 g/mol. The lowest BCUT2D eigenvalue weighted by molar-refractivity contribution is -0.140. The van der Waals surface area contributed by atoms with Gasteiger partial charge in [0.25, 0.3) is 5.91 Å². The van der Waals surface area contributed by atoms with Gasteiger partial charge in [-0.05, 0) is 26.2 Å². The van der Waals surface area contributed by atoms with Gasteiger partial charge in [0.15, 0.2) is 0 Å². The van der Waals surface area contributed by atoms with Crippen LogP contribution in [0.4, 0.5) is 0 Å². The van der Waals surface area contributed by atoms with E-state index < -0.39 is 0 Å². The van der Waals surface area contributed by atoms with Crippen molar-refractivity contribution in [1.82, 2.24) is 15.0 Å². The van der Waals surface area contributed by atoms with Crippen LogP contribution in [0.1, 0.15) is 30.7 Å². The summed E-state index contributed by atoms with van der Waals surface area (Å²) in [6.45, 7) is 6.89. The summed E-state index contributed by atoms with van der Waals surface area (Å²) in [4.78, 5) is 16.7. The third-order valence-corrected chi connectivity index (χ3v) is 4.17. The number of nitrogens with zero attached hydrogens (tertiary/aromatic N) is 3. The van der Waals surface area contributed by atoms with E-state index in [0.29, 0.717) is 0 Å². The van der Waals surface area contributed by atoms with Crippen LogP contribution in [0.3, 0.4) is 0 Å². The Morgan fingerprint density at radius 2 is 2.24 bits per heavy atom. The highest BCUT2D eigenvalue weighted by Crippen LogP contribution is 2.16. The van der Waals surface area contributed by atoms with Crippen LogP contribution in [0.5, 0.6) is 0 Å². The van der Waals surface area contributed by atoms with Gasteiger partial charge in [-0.1, -0.05) is 5.16 Å². The first-order valence-electron chi connectivity index (χ1n) is 7.77. The maximum absolute atomic E-state index is 12.4. The van der Waals surface area contributed by atoms with Crippen molar-refractivity contribution < 1.29 is 14.1 Å². The van der Waals surface area contributed by atoms with Gasteiger partial charge in [0, 0.05) is 45.4 Å². The third-order valence-electron chi connectivity index (χ3n) is 4.17. The zero-order valence-electron chi connectivity index (χ0n) is 12.6. The Hall–Kier alpha value is -1.40. The topological polar surface area (TPSA) is 58.8 Å². The second-order valence-corrected chi connectivity index (χ2v) is 5.89. The molecule has 0 bridgehead atoms. The average Bonchev–Trinajstić information content (AvgIpc) is 3.08. The summed E-state index contributed by atoms with van der Waals surface area (Å²) in [5.74, 6) is 1.02. The van der Waals surface area contributed by atoms with Gasteiger partial charge in [-0.2, -0.15) is 0 Å². The molecule has 1 aromatic heterocycles. The largest absolute Gasteiger partial charge is 0.368 e. The van der Waals surface area contributed by atoms with Gasteiger partial charge >= 0.3 is 0 Å². The lowest BCUT2D eigenvalue weighted by atomic mass is 10.2. The maximum atomic E-state index is 12.4. The second-order valence-electron chi connectivity index (χ2n) is 5.89. The van der Waals surface area contributed by atoms with Crippen LogP contribution in [-0.2, 0) is 16.1 Å². The molecule has 0 radical (unpaired) electrons. The molecule has 1 aromatic rings. The molecule has 6 nitrogen and oxygen atoms in total. The van der Waals surface area contributed by atoms with Crippen LogP contribution in [0.15, 0.2) is 10.6 Å². The van der Waals surface area contributed by atoms with Crippen molar-refractivity contribution in [1.29, 1.82) is 0 Å². The van der Waals surface area contributed by atoms with Crippen molar-refractivity contribution in [3.8, 4) is 0 Å². The van der Waals surface area contributed by atoms with Gasteiger partial charge in [0.2, 0.25) is 0 Å². The molecular weight excluding hydrogens is 270 g/mol. The molecule has 0 spiro atoms. The number of hydrogen-bond donors (Lipinski definition) is 0. The Labute approximate surface area is 125 Å². The Bertz CT molecular complexity index is 482. The first-order chi connectivity index (χ1) is 10.2. The van der Waals surface area contributed by atoms with E-state index in [1.807, 2.05) is 17.9 Å². The Morgan fingerprint density at radius 3 is 2.95 bits per heavy atom. The normalized spacial score (nSPS) is 24.2. The first-order valence-corrected chi connectivity index (χ1v) is 7.77. The highest BCUT2D eigenvalue weighted by molar-refractivity contribution is 5.81. The summed E-state index contributed by atoms with van der Waals surface area (Å²) in [5.41, 5.74) is 0.964. The molecule has 2 fully saturated rings. The van der Waals surface area contributed by atoms with Crippen molar-refractivity contribution in [2.75, 3.05) is 32.8 Å². The minimum atomic E-state index is -0.199. The van der Waals surface area contributed by atoms with Gasteiger partial charge in [-0.3, -0.25) is 9.69 Å². The van der Waals surface area contributed by atoms with E-state index in [4.69, 9.17) is 9.26 Å². The van der Waals surface area contributed by atoms with Crippen molar-refractivity contribution >= 4 is 5.91 Å². The van der Waals surface area contributed by atoms with Gasteiger partial charge in [0.05, 0.1) is 5.69 Å². The predicted octanol–water partition coefficient (Wildman–Crippen LogP) is 1.20. The first kappa shape index (κ1) is 14.5. The Morgan fingerprint density at radius 1 is 1.33 bits per heavy atom. The fourth-order valence-corrected chi connectivity index (χ4v) is 3.05. The third kappa shape index (κ3) is 3.63. The number of hydrogen-bond acceptors (Lipinski definition) is 5. The fourth-order valence-electron chi connectivity index (χ4n) is 3.05. The van der Waals surface area contributed by atoms with Crippen LogP contribution >= 0.6 is 0 Å². The van der Waals surface area contributed by atoms with Crippen molar-refractivity contribution in [3.63, 3.8) is 0 Å². The van der Waals surface area contributed by atoms with Crippen LogP contribution in [0, 0.1) is 6.92 Å². The van der Waals surface area contributed by atoms with Gasteiger partial charge in [0.1, 0.15) is 11.9 Å². The molecule has 21 heavy (non-hydrogen) atoms. The maximum Gasteiger partial charge on any atom is 0.251 e. The highest BCUT2D eigenvalue weighted by atomic mass is 16.5. The summed E-state index contributed by atoms with van der Waals surface area (Å²) in [6.07, 6.45) is 2.67. The van der Waals surface area contributed by atoms with E-state index in [-0.39, 0.29) is 12.0 Å². The van der Waals surface area contributed by atoms with Gasteiger partial charge in [-0.15, -0.1) is 0 Å². The van der Waals surface area contributed by atoms with Crippen molar-refractivity contribution in [3.05, 3.63) is 17.5 Å². The Balaban J connectivity index is 1.52. The molecule has 0 saturated carbocycles. The minimum absolute atomic E-state index is 0.173. The predicted molar refractivity (Wildman–Crippen MR) is 76.7 cm³/mol. The molecule has 3 rings (SSSR count). The SMILES string of the molecule is Cc1cc(CN2CCCN(C(=O)C3CCCO3)CC2)no1. The van der Waals surface area contributed by atoms with E-state index >= 15 is 0 Å². The van der Waals surface area contributed by atoms with Crippen LogP contribution in [0.25, 0.3) is 0 Å². The molecule has 1 atom stereocenters. The molecule has 0 aliphatic carbocycles. The van der Waals surface area contributed by atoms with Gasteiger partial charge in [-0.25, -0.2) is 0 Å². The standard InChI is InChI=1S/C15H23N3O3/c1-12-10-13(16-21-12)11-17-5-3-6-18(8-7-17)15(19)14-4-2-9-20-14/h10,14H,2-9,11H2,1H3. The fraction of sp³-hybridized carbons (Fsp3) is 0.733. The summed E-state index contributed by atoms with van der Waals surface area (Å²) in [6, 6.07) is 1.97. The zero-order chi connectivity index (χ0) is 14.7. The zero-order valence-corrected chi connectivity index (χ0v) is 12.6. The smallest absolute Gasteiger partial charge is 0.251 e. The number of amides is 1. The quantitative estimate of drug-likeness (QED) is 0.838. The molecule has 1 unspecified atom stereocenters. The molecule has 2 saturated heterocycles. The molecule has 1 amide bonds. The number of carbonyl (C=O) groups excluding carboxylic acids is 1. The highest BCUT2D eigenvalue weighted by Gasteiger charge is 2.29. The van der Waals surface area contributed by atoms with Crippen LogP contribution < -0.4 is 0 Å². The van der Waals surface area contributed by atoms with Crippen LogP contribution in [0.2, 0.25) is 0 Å². The molecule has 0 aromatic carbocycles. The number of rotatable bonds is 3. The molecular formula is C15H23N3O3. The van der Waals surface area contributed by atoms with Crippen LogP contribution in [-0.4, -0.2) is 59.8 Å². The molecule has 3 heterocycles. The number of ether oxygens (including phenoxy) is 1. The lowest BCUT2D eigenvalue weighted by Crippen LogP contribution is -2.41. The van der Waals surface area contributed by atoms with E-state index in [1.165, 1.54) is 0 Å². The molecule has 2 aliphatic heterocycles. The summed E-state index contributed by atoms with van der Waals surface area (Å²) >= 11 is 0. The van der Waals surface area contributed by atoms with Crippen molar-refractivity contribution in [2.24, 2.45) is 0 Å². The van der Waals surface area contributed by atoms with Crippen molar-refractivity contribution in [2.45, 2.75) is 38.8 Å². The Kier molecular flexibility index (Phi) is 4.55. The van der Waals surface area contributed by atoms with Gasteiger partial charge < -0.3 is 14.2 Å². The lowest BCUT2D eigenvalue weighted by Gasteiger charge is -2.23. The van der Waals surface area contributed by atoms with E-state index in [9.17, 15) is 4.79 Å². The molecule has 2 aliphatic rings. The van der Waals surface area contributed by atoms with E-state index in [2.05, 4.69) is 10.1 Å². The van der Waals surface area contributed by atoms with E-state index in [1.54, 1.807) is 0 Å². The number of carbonyl (C=O) groups is 1. The molecule has 6 heteroatoms. The number of aromatic nitrogens is 1. The number of aryl methyl sites for hydroxylation is 1.